The molecule has 0 unspecified atom stereocenters. The topological polar surface area (TPSA) is 98.4 Å². The van der Waals surface area contributed by atoms with Crippen molar-refractivity contribution < 1.29 is 17.6 Å². The SMILES string of the molecule is CCc1cnc(N2CCC(c3nc(COc4ccc(S(C)(=O)=O)cc4)co3)CC2)nc1. The molecular formula is C22H26N4O4S. The summed E-state index contributed by atoms with van der Waals surface area (Å²) in [5.41, 5.74) is 1.85. The van der Waals surface area contributed by atoms with Gasteiger partial charge in [-0.05, 0) is 49.1 Å². The van der Waals surface area contributed by atoms with Crippen LogP contribution in [0.1, 0.15) is 42.8 Å². The van der Waals surface area contributed by atoms with Crippen molar-refractivity contribution in [2.75, 3.05) is 24.2 Å². The number of aromatic nitrogens is 3. The summed E-state index contributed by atoms with van der Waals surface area (Å²) in [6.45, 7) is 4.07. The average Bonchev–Trinajstić information content (AvgIpc) is 3.27. The van der Waals surface area contributed by atoms with Gasteiger partial charge in [0.25, 0.3) is 0 Å². The number of ether oxygens (including phenoxy) is 1. The maximum Gasteiger partial charge on any atom is 0.225 e. The van der Waals surface area contributed by atoms with E-state index in [2.05, 4.69) is 26.8 Å². The summed E-state index contributed by atoms with van der Waals surface area (Å²) < 4.78 is 34.5. The molecule has 9 heteroatoms. The van der Waals surface area contributed by atoms with E-state index in [1.807, 2.05) is 12.4 Å². The molecule has 1 aliphatic heterocycles. The first-order valence-corrected chi connectivity index (χ1v) is 12.2. The van der Waals surface area contributed by atoms with Crippen molar-refractivity contribution in [1.82, 2.24) is 15.0 Å². The first-order valence-electron chi connectivity index (χ1n) is 10.4. The highest BCUT2D eigenvalue weighted by molar-refractivity contribution is 7.90. The van der Waals surface area contributed by atoms with Gasteiger partial charge >= 0.3 is 0 Å². The highest BCUT2D eigenvalue weighted by Gasteiger charge is 2.25. The molecule has 0 saturated carbocycles. The first kappa shape index (κ1) is 21.3. The summed E-state index contributed by atoms with van der Waals surface area (Å²) in [5.74, 6) is 2.35. The molecule has 0 amide bonds. The van der Waals surface area contributed by atoms with Crippen LogP contribution in [0.5, 0.6) is 5.75 Å². The Kier molecular flexibility index (Phi) is 6.22. The van der Waals surface area contributed by atoms with Crippen LogP contribution in [0.15, 0.2) is 52.2 Å². The zero-order valence-corrected chi connectivity index (χ0v) is 18.5. The molecule has 4 rings (SSSR count). The van der Waals surface area contributed by atoms with Gasteiger partial charge in [-0.2, -0.15) is 0 Å². The molecule has 0 aliphatic carbocycles. The Labute approximate surface area is 182 Å². The molecule has 0 bridgehead atoms. The number of nitrogens with zero attached hydrogens (tertiary/aromatic N) is 4. The fourth-order valence-electron chi connectivity index (χ4n) is 3.54. The van der Waals surface area contributed by atoms with Gasteiger partial charge in [0.2, 0.25) is 5.95 Å². The van der Waals surface area contributed by atoms with Crippen LogP contribution < -0.4 is 9.64 Å². The van der Waals surface area contributed by atoms with Crippen molar-refractivity contribution in [3.8, 4) is 5.75 Å². The van der Waals surface area contributed by atoms with Gasteiger partial charge in [0.1, 0.15) is 24.3 Å². The fourth-order valence-corrected chi connectivity index (χ4v) is 4.17. The fraction of sp³-hybridized carbons (Fsp3) is 0.409. The molecule has 1 fully saturated rings. The van der Waals surface area contributed by atoms with E-state index in [1.54, 1.807) is 18.4 Å². The number of hydrogen-bond acceptors (Lipinski definition) is 8. The first-order chi connectivity index (χ1) is 14.9. The third-order valence-electron chi connectivity index (χ3n) is 5.44. The zero-order chi connectivity index (χ0) is 21.8. The molecule has 1 saturated heterocycles. The molecule has 0 spiro atoms. The van der Waals surface area contributed by atoms with Gasteiger partial charge < -0.3 is 14.1 Å². The summed E-state index contributed by atoms with van der Waals surface area (Å²) in [6, 6.07) is 6.35. The van der Waals surface area contributed by atoms with Gasteiger partial charge in [0.15, 0.2) is 15.7 Å². The van der Waals surface area contributed by atoms with Gasteiger partial charge in [-0.15, -0.1) is 0 Å². The minimum absolute atomic E-state index is 0.258. The lowest BCUT2D eigenvalue weighted by Gasteiger charge is -2.30. The average molecular weight is 443 g/mol. The second-order valence-corrected chi connectivity index (χ2v) is 9.73. The second kappa shape index (κ2) is 9.05. The number of hydrogen-bond donors (Lipinski definition) is 0. The van der Waals surface area contributed by atoms with E-state index in [0.717, 1.165) is 49.8 Å². The lowest BCUT2D eigenvalue weighted by atomic mass is 9.97. The molecule has 31 heavy (non-hydrogen) atoms. The van der Waals surface area contributed by atoms with Gasteiger partial charge in [-0.3, -0.25) is 0 Å². The van der Waals surface area contributed by atoms with Crippen LogP contribution in [0, 0.1) is 0 Å². The molecule has 0 N–H and O–H groups in total. The number of piperidine rings is 1. The van der Waals surface area contributed by atoms with Crippen molar-refractivity contribution >= 4 is 15.8 Å². The third-order valence-corrected chi connectivity index (χ3v) is 6.56. The van der Waals surface area contributed by atoms with E-state index in [9.17, 15) is 8.42 Å². The summed E-state index contributed by atoms with van der Waals surface area (Å²) in [5, 5.41) is 0. The number of rotatable bonds is 7. The maximum absolute atomic E-state index is 11.5. The minimum atomic E-state index is -3.22. The van der Waals surface area contributed by atoms with Gasteiger partial charge in [0, 0.05) is 37.7 Å². The number of oxazole rings is 1. The van der Waals surface area contributed by atoms with Crippen LogP contribution in [0.4, 0.5) is 5.95 Å². The Morgan fingerprint density at radius 1 is 1.13 bits per heavy atom. The Balaban J connectivity index is 1.30. The predicted molar refractivity (Wildman–Crippen MR) is 116 cm³/mol. The highest BCUT2D eigenvalue weighted by Crippen LogP contribution is 2.29. The zero-order valence-electron chi connectivity index (χ0n) is 17.7. The molecule has 1 aliphatic rings. The van der Waals surface area contributed by atoms with Gasteiger partial charge in [0.05, 0.1) is 4.90 Å². The van der Waals surface area contributed by atoms with Gasteiger partial charge in [-0.1, -0.05) is 6.92 Å². The third kappa shape index (κ3) is 5.22. The number of aryl methyl sites for hydroxylation is 1. The summed E-state index contributed by atoms with van der Waals surface area (Å²) in [6.07, 6.45) is 9.37. The number of anilines is 1. The number of benzene rings is 1. The Morgan fingerprint density at radius 3 is 2.42 bits per heavy atom. The van der Waals surface area contributed by atoms with Crippen LogP contribution in [-0.4, -0.2) is 42.7 Å². The molecule has 164 valence electrons. The number of sulfone groups is 1. The summed E-state index contributed by atoms with van der Waals surface area (Å²) in [4.78, 5) is 16.0. The summed E-state index contributed by atoms with van der Waals surface area (Å²) in [7, 11) is -3.22. The van der Waals surface area contributed by atoms with Crippen molar-refractivity contribution in [1.29, 1.82) is 0 Å². The smallest absolute Gasteiger partial charge is 0.225 e. The van der Waals surface area contributed by atoms with Crippen molar-refractivity contribution in [2.45, 2.75) is 43.6 Å². The van der Waals surface area contributed by atoms with Crippen LogP contribution in [-0.2, 0) is 22.9 Å². The molecule has 8 nitrogen and oxygen atoms in total. The van der Waals surface area contributed by atoms with Crippen LogP contribution in [0.25, 0.3) is 0 Å². The van der Waals surface area contributed by atoms with Crippen molar-refractivity contribution in [3.05, 3.63) is 60.1 Å². The maximum atomic E-state index is 11.5. The molecule has 0 atom stereocenters. The van der Waals surface area contributed by atoms with Crippen LogP contribution in [0.2, 0.25) is 0 Å². The molecule has 2 aromatic heterocycles. The van der Waals surface area contributed by atoms with E-state index in [-0.39, 0.29) is 17.4 Å². The van der Waals surface area contributed by atoms with Gasteiger partial charge in [-0.25, -0.2) is 23.4 Å². The van der Waals surface area contributed by atoms with E-state index in [0.29, 0.717) is 11.4 Å². The van der Waals surface area contributed by atoms with Crippen LogP contribution in [0.3, 0.4) is 0 Å². The van der Waals surface area contributed by atoms with E-state index < -0.39 is 9.84 Å². The van der Waals surface area contributed by atoms with Crippen molar-refractivity contribution in [2.24, 2.45) is 0 Å². The van der Waals surface area contributed by atoms with Crippen LogP contribution >= 0.6 is 0 Å². The molecule has 1 aromatic carbocycles. The lowest BCUT2D eigenvalue weighted by Crippen LogP contribution is -2.34. The standard InChI is InChI=1S/C22H26N4O4S/c1-3-16-12-23-22(24-13-16)26-10-8-17(9-11-26)21-25-18(15-30-21)14-29-19-4-6-20(7-5-19)31(2,27)28/h4-7,12-13,15,17H,3,8-11,14H2,1-2H3. The largest absolute Gasteiger partial charge is 0.487 e. The summed E-state index contributed by atoms with van der Waals surface area (Å²) >= 11 is 0. The monoisotopic (exact) mass is 442 g/mol. The van der Waals surface area contributed by atoms with E-state index in [1.165, 1.54) is 18.4 Å². The van der Waals surface area contributed by atoms with Crippen molar-refractivity contribution in [3.63, 3.8) is 0 Å². The Hall–Kier alpha value is -2.94. The molecular weight excluding hydrogens is 416 g/mol. The lowest BCUT2D eigenvalue weighted by molar-refractivity contribution is 0.300. The molecule has 0 radical (unpaired) electrons. The Bertz CT molecular complexity index is 1100. The minimum Gasteiger partial charge on any atom is -0.487 e. The Morgan fingerprint density at radius 2 is 1.81 bits per heavy atom. The highest BCUT2D eigenvalue weighted by atomic mass is 32.2. The quantitative estimate of drug-likeness (QED) is 0.549. The molecule has 3 aromatic rings. The normalized spacial score (nSPS) is 15.2. The van der Waals surface area contributed by atoms with E-state index in [4.69, 9.17) is 9.15 Å². The van der Waals surface area contributed by atoms with E-state index >= 15 is 0 Å². The predicted octanol–water partition coefficient (Wildman–Crippen LogP) is 3.39. The molecule has 3 heterocycles. The second-order valence-electron chi connectivity index (χ2n) is 7.72.